The second-order valence-electron chi connectivity index (χ2n) is 5.09. The van der Waals surface area contributed by atoms with E-state index < -0.39 is 23.0 Å². The fraction of sp³-hybridized carbons (Fsp3) is 0.692. The normalized spacial score (nSPS) is 11.9. The van der Waals surface area contributed by atoms with Crippen molar-refractivity contribution in [1.82, 2.24) is 0 Å². The van der Waals surface area contributed by atoms with Crippen LogP contribution in [0.2, 0.25) is 0 Å². The van der Waals surface area contributed by atoms with Gasteiger partial charge in [-0.3, -0.25) is 9.59 Å². The molecule has 0 bridgehead atoms. The summed E-state index contributed by atoms with van der Waals surface area (Å²) >= 11 is 3.23. The van der Waals surface area contributed by atoms with Crippen molar-refractivity contribution < 1.29 is 24.2 Å². The Morgan fingerprint density at radius 3 is 1.74 bits per heavy atom. The van der Waals surface area contributed by atoms with Gasteiger partial charge >= 0.3 is 11.9 Å². The Labute approximate surface area is 122 Å². The van der Waals surface area contributed by atoms with Gasteiger partial charge in [-0.2, -0.15) is 0 Å². The number of carbonyl (C=O) groups excluding carboxylic acids is 2. The molecule has 0 aliphatic carbocycles. The number of aliphatic hydroxyl groups is 1. The van der Waals surface area contributed by atoms with Crippen molar-refractivity contribution in [3.05, 3.63) is 11.1 Å². The summed E-state index contributed by atoms with van der Waals surface area (Å²) in [6.07, 6.45) is 0.303. The van der Waals surface area contributed by atoms with E-state index in [0.717, 1.165) is 0 Å². The Balaban J connectivity index is 5.24. The molecule has 0 aliphatic heterocycles. The molecule has 19 heavy (non-hydrogen) atoms. The first-order valence-corrected chi connectivity index (χ1v) is 6.62. The maximum atomic E-state index is 11.0. The summed E-state index contributed by atoms with van der Waals surface area (Å²) in [6, 6.07) is 0. The van der Waals surface area contributed by atoms with Gasteiger partial charge in [0.2, 0.25) is 0 Å². The maximum absolute atomic E-state index is 11.0. The van der Waals surface area contributed by atoms with Crippen LogP contribution in [-0.4, -0.2) is 35.9 Å². The van der Waals surface area contributed by atoms with Crippen LogP contribution in [-0.2, 0) is 19.1 Å². The summed E-state index contributed by atoms with van der Waals surface area (Å²) < 4.78 is 10.6. The Hall–Kier alpha value is -0.880. The Morgan fingerprint density at radius 1 is 1.16 bits per heavy atom. The van der Waals surface area contributed by atoms with Crippen molar-refractivity contribution in [3.63, 3.8) is 0 Å². The van der Waals surface area contributed by atoms with Crippen LogP contribution in [0.25, 0.3) is 0 Å². The summed E-state index contributed by atoms with van der Waals surface area (Å²) in [5.41, 5.74) is -2.18. The first-order valence-electron chi connectivity index (χ1n) is 5.82. The molecular weight excluding hydrogens is 316 g/mol. The van der Waals surface area contributed by atoms with Gasteiger partial charge in [-0.25, -0.2) is 0 Å². The van der Waals surface area contributed by atoms with Crippen molar-refractivity contribution in [2.75, 3.05) is 13.2 Å². The number of carbonyl (C=O) groups is 2. The van der Waals surface area contributed by atoms with Gasteiger partial charge in [-0.1, -0.05) is 22.5 Å². The van der Waals surface area contributed by atoms with Gasteiger partial charge in [-0.05, 0) is 24.8 Å². The summed E-state index contributed by atoms with van der Waals surface area (Å²) in [4.78, 5) is 22.0. The highest BCUT2D eigenvalue weighted by atomic mass is 79.9. The smallest absolute Gasteiger partial charge is 0.302 e. The lowest BCUT2D eigenvalue weighted by atomic mass is 9.72. The third kappa shape index (κ3) is 6.20. The highest BCUT2D eigenvalue weighted by Gasteiger charge is 2.46. The second-order valence-corrected chi connectivity index (χ2v) is 6.22. The number of hydrogen-bond donors (Lipinski definition) is 1. The van der Waals surface area contributed by atoms with E-state index in [1.54, 1.807) is 13.8 Å². The molecule has 0 radical (unpaired) electrons. The Bertz CT molecular complexity index is 339. The fourth-order valence-corrected chi connectivity index (χ4v) is 2.10. The third-order valence-corrected chi connectivity index (χ3v) is 3.21. The monoisotopic (exact) mass is 336 g/mol. The maximum Gasteiger partial charge on any atom is 0.302 e. The van der Waals surface area contributed by atoms with Crippen LogP contribution in [0.3, 0.4) is 0 Å². The molecule has 110 valence electrons. The zero-order valence-corrected chi connectivity index (χ0v) is 13.4. The predicted molar refractivity (Wildman–Crippen MR) is 74.7 cm³/mol. The quantitative estimate of drug-likeness (QED) is 0.721. The molecule has 0 heterocycles. The highest BCUT2D eigenvalue weighted by Crippen LogP contribution is 2.39. The summed E-state index contributed by atoms with van der Waals surface area (Å²) in [6.45, 7) is 9.32. The van der Waals surface area contributed by atoms with Crippen LogP contribution in [0.15, 0.2) is 11.1 Å². The van der Waals surface area contributed by atoms with E-state index in [2.05, 4.69) is 22.5 Å². The van der Waals surface area contributed by atoms with Crippen molar-refractivity contribution in [1.29, 1.82) is 0 Å². The van der Waals surface area contributed by atoms with Crippen LogP contribution in [0.5, 0.6) is 0 Å². The molecule has 0 amide bonds. The van der Waals surface area contributed by atoms with Crippen LogP contribution >= 0.6 is 15.9 Å². The van der Waals surface area contributed by atoms with Gasteiger partial charge in [0.1, 0.15) is 13.2 Å². The van der Waals surface area contributed by atoms with E-state index in [4.69, 9.17) is 9.47 Å². The van der Waals surface area contributed by atoms with Crippen LogP contribution in [0.1, 0.15) is 34.1 Å². The van der Waals surface area contributed by atoms with E-state index in [-0.39, 0.29) is 13.2 Å². The lowest BCUT2D eigenvalue weighted by Crippen LogP contribution is -2.51. The third-order valence-electron chi connectivity index (χ3n) is 2.93. The first-order chi connectivity index (χ1) is 8.50. The average Bonchev–Trinajstić information content (AvgIpc) is 2.19. The molecule has 0 saturated carbocycles. The number of halogens is 1. The molecule has 0 aliphatic rings. The minimum atomic E-state index is -1.23. The van der Waals surface area contributed by atoms with E-state index in [9.17, 15) is 14.7 Å². The summed E-state index contributed by atoms with van der Waals surface area (Å²) in [7, 11) is 0. The summed E-state index contributed by atoms with van der Waals surface area (Å²) in [5.74, 6) is -0.923. The van der Waals surface area contributed by atoms with Crippen molar-refractivity contribution in [2.45, 2.75) is 39.7 Å². The van der Waals surface area contributed by atoms with Crippen LogP contribution in [0.4, 0.5) is 0 Å². The molecule has 1 N–H and O–H groups in total. The molecule has 0 atom stereocenters. The Morgan fingerprint density at radius 2 is 1.53 bits per heavy atom. The largest absolute Gasteiger partial charge is 0.465 e. The molecule has 0 fully saturated rings. The SMILES string of the molecule is C=C(Br)CC(COC(C)=O)(COC(C)=O)C(C)(C)O. The van der Waals surface area contributed by atoms with E-state index in [1.807, 2.05) is 0 Å². The minimum Gasteiger partial charge on any atom is -0.465 e. The van der Waals surface area contributed by atoms with Crippen LogP contribution in [0, 0.1) is 5.41 Å². The standard InChI is InChI=1S/C13H21BrO5/c1-9(14)6-13(12(4,5)17,7-18-10(2)15)8-19-11(3)16/h17H,1,6-8H2,2-5H3. The summed E-state index contributed by atoms with van der Waals surface area (Å²) in [5, 5.41) is 10.4. The molecule has 0 saturated heterocycles. The number of ether oxygens (including phenoxy) is 2. The van der Waals surface area contributed by atoms with E-state index in [0.29, 0.717) is 10.9 Å². The van der Waals surface area contributed by atoms with E-state index in [1.165, 1.54) is 13.8 Å². The van der Waals surface area contributed by atoms with Crippen molar-refractivity contribution in [3.8, 4) is 0 Å². The molecule has 0 aromatic heterocycles. The van der Waals surface area contributed by atoms with Crippen molar-refractivity contribution in [2.24, 2.45) is 5.41 Å². The number of allylic oxidation sites excluding steroid dienone is 1. The molecule has 6 heteroatoms. The first kappa shape index (κ1) is 18.1. The lowest BCUT2D eigenvalue weighted by Gasteiger charge is -2.42. The molecule has 0 aromatic rings. The molecule has 0 spiro atoms. The lowest BCUT2D eigenvalue weighted by molar-refractivity contribution is -0.168. The zero-order chi connectivity index (χ0) is 15.3. The van der Waals surface area contributed by atoms with Gasteiger partial charge in [0.05, 0.1) is 11.0 Å². The Kier molecular flexibility index (Phi) is 6.72. The van der Waals surface area contributed by atoms with Crippen molar-refractivity contribution >= 4 is 27.9 Å². The molecular formula is C13H21BrO5. The predicted octanol–water partition coefficient (Wildman–Crippen LogP) is 2.17. The van der Waals surface area contributed by atoms with Crippen LogP contribution < -0.4 is 0 Å². The molecule has 0 unspecified atom stereocenters. The molecule has 5 nitrogen and oxygen atoms in total. The second kappa shape index (κ2) is 7.05. The van der Waals surface area contributed by atoms with Gasteiger partial charge in [-0.15, -0.1) is 0 Å². The topological polar surface area (TPSA) is 72.8 Å². The zero-order valence-electron chi connectivity index (χ0n) is 11.8. The average molecular weight is 337 g/mol. The number of rotatable bonds is 7. The van der Waals surface area contributed by atoms with Gasteiger partial charge in [0, 0.05) is 13.8 Å². The van der Waals surface area contributed by atoms with Gasteiger partial charge in [0.15, 0.2) is 0 Å². The number of hydrogen-bond acceptors (Lipinski definition) is 5. The highest BCUT2D eigenvalue weighted by molar-refractivity contribution is 9.11. The van der Waals surface area contributed by atoms with Gasteiger partial charge in [0.25, 0.3) is 0 Å². The fourth-order valence-electron chi connectivity index (χ4n) is 1.56. The van der Waals surface area contributed by atoms with E-state index >= 15 is 0 Å². The number of esters is 2. The molecule has 0 rings (SSSR count). The minimum absolute atomic E-state index is 0.0657. The van der Waals surface area contributed by atoms with Gasteiger partial charge < -0.3 is 14.6 Å². The molecule has 0 aromatic carbocycles.